The fourth-order valence-electron chi connectivity index (χ4n) is 1.79. The molecule has 130 valence electrons. The molecule has 1 aliphatic rings. The molecular formula is C12H19ClN4O4S2. The van der Waals surface area contributed by atoms with E-state index in [4.69, 9.17) is 9.47 Å². The van der Waals surface area contributed by atoms with Crippen molar-refractivity contribution in [3.05, 3.63) is 0 Å². The summed E-state index contributed by atoms with van der Waals surface area (Å²) in [6.07, 6.45) is 0.324. The number of hydrogen-bond acceptors (Lipinski definition) is 9. The zero-order valence-corrected chi connectivity index (χ0v) is 15.0. The number of halogens is 1. The fraction of sp³-hybridized carbons (Fsp3) is 0.667. The first-order valence-corrected chi connectivity index (χ1v) is 8.70. The van der Waals surface area contributed by atoms with Crippen molar-refractivity contribution in [2.45, 2.75) is 23.7 Å². The van der Waals surface area contributed by atoms with E-state index in [1.807, 2.05) is 0 Å². The SMILES string of the molecule is CCOC(=O)CSc1nnc(NC(=O)CC2COCCN2)s1.Cl. The lowest BCUT2D eigenvalue weighted by Crippen LogP contribution is -2.43. The van der Waals surface area contributed by atoms with Crippen LogP contribution in [0.3, 0.4) is 0 Å². The Morgan fingerprint density at radius 3 is 3.04 bits per heavy atom. The molecular weight excluding hydrogens is 364 g/mol. The Bertz CT molecular complexity index is 511. The molecule has 1 aromatic heterocycles. The van der Waals surface area contributed by atoms with Crippen LogP contribution in [0, 0.1) is 0 Å². The zero-order chi connectivity index (χ0) is 15.8. The second-order valence-corrected chi connectivity index (χ2v) is 6.65. The topological polar surface area (TPSA) is 102 Å². The van der Waals surface area contributed by atoms with E-state index >= 15 is 0 Å². The van der Waals surface area contributed by atoms with Crippen LogP contribution in [0.4, 0.5) is 5.13 Å². The van der Waals surface area contributed by atoms with Gasteiger partial charge < -0.3 is 20.1 Å². The number of rotatable bonds is 7. The minimum Gasteiger partial charge on any atom is -0.465 e. The molecule has 0 bridgehead atoms. The van der Waals surface area contributed by atoms with E-state index in [0.717, 1.165) is 6.54 Å². The van der Waals surface area contributed by atoms with Gasteiger partial charge in [0.2, 0.25) is 11.0 Å². The summed E-state index contributed by atoms with van der Waals surface area (Å²) in [6, 6.07) is 0.0272. The van der Waals surface area contributed by atoms with E-state index in [0.29, 0.717) is 35.7 Å². The standard InChI is InChI=1S/C12H18N4O4S2.ClH/c1-2-20-10(18)7-21-12-16-15-11(22-12)14-9(17)5-8-6-19-4-3-13-8;/h8,13H,2-7H2,1H3,(H,14,15,17);1H. The lowest BCUT2D eigenvalue weighted by Gasteiger charge is -2.22. The Morgan fingerprint density at radius 2 is 2.35 bits per heavy atom. The molecule has 2 N–H and O–H groups in total. The summed E-state index contributed by atoms with van der Waals surface area (Å²) in [6.45, 7) is 4.08. The van der Waals surface area contributed by atoms with Crippen LogP contribution in [-0.4, -0.2) is 60.2 Å². The highest BCUT2D eigenvalue weighted by atomic mass is 35.5. The van der Waals surface area contributed by atoms with Gasteiger partial charge in [-0.3, -0.25) is 9.59 Å². The number of anilines is 1. The van der Waals surface area contributed by atoms with E-state index in [-0.39, 0.29) is 36.1 Å². The molecule has 11 heteroatoms. The Balaban J connectivity index is 0.00000264. The molecule has 1 fully saturated rings. The number of esters is 1. The van der Waals surface area contributed by atoms with Gasteiger partial charge in [-0.15, -0.1) is 22.6 Å². The maximum atomic E-state index is 11.9. The smallest absolute Gasteiger partial charge is 0.316 e. The van der Waals surface area contributed by atoms with Crippen molar-refractivity contribution in [2.24, 2.45) is 0 Å². The van der Waals surface area contributed by atoms with E-state index in [1.54, 1.807) is 6.92 Å². The molecule has 0 saturated carbocycles. The van der Waals surface area contributed by atoms with Gasteiger partial charge >= 0.3 is 5.97 Å². The highest BCUT2D eigenvalue weighted by Crippen LogP contribution is 2.25. The summed E-state index contributed by atoms with van der Waals surface area (Å²) < 4.78 is 10.7. The molecule has 8 nitrogen and oxygen atoms in total. The number of nitrogens with one attached hydrogen (secondary N) is 2. The minimum absolute atomic E-state index is 0. The van der Waals surface area contributed by atoms with Gasteiger partial charge in [-0.2, -0.15) is 0 Å². The number of aromatic nitrogens is 2. The molecule has 0 aromatic carbocycles. The summed E-state index contributed by atoms with van der Waals surface area (Å²) in [5, 5.41) is 14.1. The molecule has 1 amide bonds. The van der Waals surface area contributed by atoms with Gasteiger partial charge in [0.25, 0.3) is 0 Å². The van der Waals surface area contributed by atoms with Crippen LogP contribution < -0.4 is 10.6 Å². The molecule has 2 rings (SSSR count). The number of amides is 1. The third-order valence-electron chi connectivity index (χ3n) is 2.70. The van der Waals surface area contributed by atoms with Crippen LogP contribution in [0.25, 0.3) is 0 Å². The molecule has 0 spiro atoms. The molecule has 1 unspecified atom stereocenters. The number of carbonyl (C=O) groups is 2. The van der Waals surface area contributed by atoms with Crippen LogP contribution in [0.2, 0.25) is 0 Å². The van der Waals surface area contributed by atoms with Gasteiger partial charge in [0.1, 0.15) is 0 Å². The van der Waals surface area contributed by atoms with Crippen molar-refractivity contribution in [3.63, 3.8) is 0 Å². The van der Waals surface area contributed by atoms with Gasteiger partial charge in [-0.05, 0) is 6.92 Å². The molecule has 1 aliphatic heterocycles. The van der Waals surface area contributed by atoms with Crippen LogP contribution in [0.15, 0.2) is 4.34 Å². The van der Waals surface area contributed by atoms with E-state index in [2.05, 4.69) is 20.8 Å². The van der Waals surface area contributed by atoms with Crippen molar-refractivity contribution in [1.82, 2.24) is 15.5 Å². The highest BCUT2D eigenvalue weighted by Gasteiger charge is 2.18. The first-order chi connectivity index (χ1) is 10.7. The maximum Gasteiger partial charge on any atom is 0.316 e. The van der Waals surface area contributed by atoms with Crippen LogP contribution in [0.5, 0.6) is 0 Å². The van der Waals surface area contributed by atoms with Gasteiger partial charge in [0.05, 0.1) is 25.6 Å². The molecule has 1 atom stereocenters. The molecule has 1 aromatic rings. The Morgan fingerprint density at radius 1 is 1.52 bits per heavy atom. The number of carbonyl (C=O) groups excluding carboxylic acids is 2. The van der Waals surface area contributed by atoms with E-state index in [1.165, 1.54) is 23.1 Å². The Labute approximate surface area is 148 Å². The average Bonchev–Trinajstić information content (AvgIpc) is 2.94. The molecule has 2 heterocycles. The van der Waals surface area contributed by atoms with E-state index in [9.17, 15) is 9.59 Å². The number of ether oxygens (including phenoxy) is 2. The Hall–Kier alpha value is -0.940. The molecule has 0 radical (unpaired) electrons. The predicted molar refractivity (Wildman–Crippen MR) is 90.4 cm³/mol. The number of hydrogen-bond donors (Lipinski definition) is 2. The summed E-state index contributed by atoms with van der Waals surface area (Å²) in [7, 11) is 0. The third kappa shape index (κ3) is 7.44. The quantitative estimate of drug-likeness (QED) is 0.408. The van der Waals surface area contributed by atoms with Crippen LogP contribution in [-0.2, 0) is 19.1 Å². The van der Waals surface area contributed by atoms with Crippen molar-refractivity contribution in [3.8, 4) is 0 Å². The van der Waals surface area contributed by atoms with Crippen molar-refractivity contribution >= 4 is 52.5 Å². The monoisotopic (exact) mass is 382 g/mol. The molecule has 0 aliphatic carbocycles. The van der Waals surface area contributed by atoms with Crippen molar-refractivity contribution < 1.29 is 19.1 Å². The lowest BCUT2D eigenvalue weighted by atomic mass is 10.2. The number of morpholine rings is 1. The lowest BCUT2D eigenvalue weighted by molar-refractivity contribution is -0.139. The predicted octanol–water partition coefficient (Wildman–Crippen LogP) is 0.932. The van der Waals surface area contributed by atoms with Gasteiger partial charge in [0.15, 0.2) is 4.34 Å². The Kier molecular flexibility index (Phi) is 9.41. The van der Waals surface area contributed by atoms with Gasteiger partial charge in [-0.1, -0.05) is 23.1 Å². The zero-order valence-electron chi connectivity index (χ0n) is 12.6. The third-order valence-corrected chi connectivity index (χ3v) is 4.65. The van der Waals surface area contributed by atoms with Crippen LogP contribution >= 0.6 is 35.5 Å². The van der Waals surface area contributed by atoms with Gasteiger partial charge in [-0.25, -0.2) is 0 Å². The average molecular weight is 383 g/mol. The first kappa shape index (κ1) is 20.1. The fourth-order valence-corrected chi connectivity index (χ4v) is 3.35. The van der Waals surface area contributed by atoms with Crippen LogP contribution in [0.1, 0.15) is 13.3 Å². The normalized spacial score (nSPS) is 17.2. The van der Waals surface area contributed by atoms with Crippen molar-refractivity contribution in [1.29, 1.82) is 0 Å². The first-order valence-electron chi connectivity index (χ1n) is 6.90. The van der Waals surface area contributed by atoms with Crippen molar-refractivity contribution in [2.75, 3.05) is 37.4 Å². The minimum atomic E-state index is -0.295. The molecule has 1 saturated heterocycles. The summed E-state index contributed by atoms with van der Waals surface area (Å²) in [5.74, 6) is -0.252. The largest absolute Gasteiger partial charge is 0.465 e. The second-order valence-electron chi connectivity index (χ2n) is 4.45. The summed E-state index contributed by atoms with van der Waals surface area (Å²) >= 11 is 2.47. The maximum absolute atomic E-state index is 11.9. The summed E-state index contributed by atoms with van der Waals surface area (Å²) in [4.78, 5) is 23.1. The molecule has 23 heavy (non-hydrogen) atoms. The summed E-state index contributed by atoms with van der Waals surface area (Å²) in [5.41, 5.74) is 0. The number of nitrogens with zero attached hydrogens (tertiary/aromatic N) is 2. The number of thioether (sulfide) groups is 1. The van der Waals surface area contributed by atoms with E-state index < -0.39 is 0 Å². The second kappa shape index (κ2) is 10.8. The van der Waals surface area contributed by atoms with Gasteiger partial charge in [0, 0.05) is 19.0 Å². The highest BCUT2D eigenvalue weighted by molar-refractivity contribution is 8.01.